The summed E-state index contributed by atoms with van der Waals surface area (Å²) in [5.74, 6) is 6.51. The van der Waals surface area contributed by atoms with E-state index in [0.29, 0.717) is 18.8 Å². The number of carbonyl (C=O) groups is 1. The number of aryl methyl sites for hydroxylation is 1. The van der Waals surface area contributed by atoms with E-state index in [1.165, 1.54) is 0 Å². The van der Waals surface area contributed by atoms with Gasteiger partial charge in [0.2, 0.25) is 0 Å². The summed E-state index contributed by atoms with van der Waals surface area (Å²) in [5.41, 5.74) is 1.82. The highest BCUT2D eigenvalue weighted by Gasteiger charge is 2.19. The molecule has 114 valence electrons. The van der Waals surface area contributed by atoms with Gasteiger partial charge in [-0.25, -0.2) is 0 Å². The van der Waals surface area contributed by atoms with Crippen molar-refractivity contribution in [3.05, 3.63) is 59.5 Å². The van der Waals surface area contributed by atoms with Crippen LogP contribution in [0.4, 0.5) is 0 Å². The summed E-state index contributed by atoms with van der Waals surface area (Å²) in [6.45, 7) is 5.09. The fraction of sp³-hybridized carbons (Fsp3) is 0.316. The van der Waals surface area contributed by atoms with Crippen molar-refractivity contribution in [3.63, 3.8) is 0 Å². The molecule has 0 radical (unpaired) electrons. The lowest BCUT2D eigenvalue weighted by atomic mass is 10.2. The highest BCUT2D eigenvalue weighted by Crippen LogP contribution is 2.12. The fourth-order valence-electron chi connectivity index (χ4n) is 2.10. The van der Waals surface area contributed by atoms with Crippen molar-refractivity contribution in [1.82, 2.24) is 4.90 Å². The van der Waals surface area contributed by atoms with Gasteiger partial charge in [0.1, 0.15) is 0 Å². The molecule has 2 aromatic rings. The molecule has 3 heteroatoms. The second-order valence-corrected chi connectivity index (χ2v) is 5.18. The summed E-state index contributed by atoms with van der Waals surface area (Å²) < 4.78 is 5.31. The van der Waals surface area contributed by atoms with Crippen LogP contribution in [0.5, 0.6) is 0 Å². The van der Waals surface area contributed by atoms with Crippen LogP contribution in [-0.4, -0.2) is 23.9 Å². The number of hydrogen-bond donors (Lipinski definition) is 0. The van der Waals surface area contributed by atoms with Crippen molar-refractivity contribution < 1.29 is 9.21 Å². The monoisotopic (exact) mass is 295 g/mol. The van der Waals surface area contributed by atoms with Gasteiger partial charge in [0.15, 0.2) is 5.76 Å². The number of unbranched alkanes of at least 4 members (excludes halogenated alkanes) is 1. The van der Waals surface area contributed by atoms with Gasteiger partial charge in [0.05, 0.1) is 12.8 Å². The third-order valence-corrected chi connectivity index (χ3v) is 3.40. The maximum atomic E-state index is 12.5. The number of amides is 1. The zero-order valence-electron chi connectivity index (χ0n) is 13.1. The predicted octanol–water partition coefficient (Wildman–Crippen LogP) is 3.88. The molecule has 0 saturated heterocycles. The van der Waals surface area contributed by atoms with Crippen molar-refractivity contribution in [2.75, 3.05) is 13.1 Å². The number of rotatable bonds is 5. The minimum atomic E-state index is -0.0849. The standard InChI is InChI=1S/C19H21NO2/c1-3-4-13-20(19(21)18-16(2)12-15-22-18)14-8-11-17-9-6-5-7-10-17/h5-7,9-10,12,15H,3-4,13-14H2,1-2H3. The predicted molar refractivity (Wildman–Crippen MR) is 87.6 cm³/mol. The molecule has 1 aromatic heterocycles. The maximum Gasteiger partial charge on any atom is 0.290 e. The number of hydrogen-bond acceptors (Lipinski definition) is 2. The SMILES string of the molecule is CCCCN(CC#Cc1ccccc1)C(=O)c1occc1C. The van der Waals surface area contributed by atoms with Crippen molar-refractivity contribution in [2.24, 2.45) is 0 Å². The van der Waals surface area contributed by atoms with Gasteiger partial charge in [-0.15, -0.1) is 0 Å². The lowest BCUT2D eigenvalue weighted by Gasteiger charge is -2.19. The van der Waals surface area contributed by atoms with Crippen LogP contribution in [0.2, 0.25) is 0 Å². The molecular formula is C19H21NO2. The van der Waals surface area contributed by atoms with Crippen LogP contribution in [0.25, 0.3) is 0 Å². The zero-order chi connectivity index (χ0) is 15.8. The fourth-order valence-corrected chi connectivity index (χ4v) is 2.10. The molecule has 0 unspecified atom stereocenters. The molecule has 0 saturated carbocycles. The maximum absolute atomic E-state index is 12.5. The van der Waals surface area contributed by atoms with Gasteiger partial charge in [-0.05, 0) is 31.5 Å². The minimum absolute atomic E-state index is 0.0849. The van der Waals surface area contributed by atoms with Gasteiger partial charge >= 0.3 is 0 Å². The molecule has 0 aliphatic rings. The molecule has 22 heavy (non-hydrogen) atoms. The van der Waals surface area contributed by atoms with E-state index in [1.807, 2.05) is 37.3 Å². The molecule has 3 nitrogen and oxygen atoms in total. The lowest BCUT2D eigenvalue weighted by molar-refractivity contribution is 0.0742. The van der Waals surface area contributed by atoms with E-state index in [2.05, 4.69) is 18.8 Å². The van der Waals surface area contributed by atoms with Crippen LogP contribution < -0.4 is 0 Å². The van der Waals surface area contributed by atoms with E-state index in [4.69, 9.17) is 4.42 Å². The number of carbonyl (C=O) groups excluding carboxylic acids is 1. The molecule has 2 rings (SSSR count). The first kappa shape index (κ1) is 15.9. The van der Waals surface area contributed by atoms with Crippen molar-refractivity contribution in [2.45, 2.75) is 26.7 Å². The Bertz CT molecular complexity index is 661. The van der Waals surface area contributed by atoms with E-state index >= 15 is 0 Å². The van der Waals surface area contributed by atoms with Gasteiger partial charge < -0.3 is 9.32 Å². The van der Waals surface area contributed by atoms with Gasteiger partial charge in [0.25, 0.3) is 5.91 Å². The summed E-state index contributed by atoms with van der Waals surface area (Å²) in [6, 6.07) is 11.6. The van der Waals surface area contributed by atoms with E-state index in [9.17, 15) is 4.79 Å². The molecule has 1 aromatic carbocycles. The molecule has 0 fully saturated rings. The Morgan fingerprint density at radius 3 is 2.64 bits per heavy atom. The molecule has 1 amide bonds. The molecule has 0 aliphatic carbocycles. The van der Waals surface area contributed by atoms with Crippen LogP contribution in [0.15, 0.2) is 47.1 Å². The Morgan fingerprint density at radius 2 is 2.00 bits per heavy atom. The summed E-state index contributed by atoms with van der Waals surface area (Å²) >= 11 is 0. The average molecular weight is 295 g/mol. The van der Waals surface area contributed by atoms with Gasteiger partial charge in [0, 0.05) is 17.7 Å². The van der Waals surface area contributed by atoms with Crippen molar-refractivity contribution >= 4 is 5.91 Å². The zero-order valence-corrected chi connectivity index (χ0v) is 13.1. The Morgan fingerprint density at radius 1 is 1.23 bits per heavy atom. The largest absolute Gasteiger partial charge is 0.459 e. The first-order chi connectivity index (χ1) is 10.7. The second kappa shape index (κ2) is 8.09. The van der Waals surface area contributed by atoms with Crippen LogP contribution >= 0.6 is 0 Å². The number of furan rings is 1. The average Bonchev–Trinajstić information content (AvgIpc) is 2.97. The van der Waals surface area contributed by atoms with E-state index in [0.717, 1.165) is 24.0 Å². The van der Waals surface area contributed by atoms with Crippen LogP contribution in [0, 0.1) is 18.8 Å². The van der Waals surface area contributed by atoms with Gasteiger partial charge in [-0.1, -0.05) is 43.4 Å². The summed E-state index contributed by atoms with van der Waals surface area (Å²) in [7, 11) is 0. The summed E-state index contributed by atoms with van der Waals surface area (Å²) in [6.07, 6.45) is 3.54. The Balaban J connectivity index is 2.08. The minimum Gasteiger partial charge on any atom is -0.459 e. The van der Waals surface area contributed by atoms with E-state index in [-0.39, 0.29) is 5.91 Å². The molecule has 0 atom stereocenters. The first-order valence-corrected chi connectivity index (χ1v) is 7.59. The van der Waals surface area contributed by atoms with Gasteiger partial charge in [-0.2, -0.15) is 0 Å². The molecule has 0 spiro atoms. The lowest BCUT2D eigenvalue weighted by Crippen LogP contribution is -2.32. The first-order valence-electron chi connectivity index (χ1n) is 7.59. The van der Waals surface area contributed by atoms with E-state index in [1.54, 1.807) is 17.2 Å². The van der Waals surface area contributed by atoms with Crippen LogP contribution in [0.1, 0.15) is 41.4 Å². The third-order valence-electron chi connectivity index (χ3n) is 3.40. The highest BCUT2D eigenvalue weighted by molar-refractivity contribution is 5.93. The highest BCUT2D eigenvalue weighted by atomic mass is 16.3. The normalized spacial score (nSPS) is 9.91. The molecule has 0 aliphatic heterocycles. The van der Waals surface area contributed by atoms with Crippen molar-refractivity contribution in [3.8, 4) is 11.8 Å². The number of nitrogens with zero attached hydrogens (tertiary/aromatic N) is 1. The molecule has 1 heterocycles. The van der Waals surface area contributed by atoms with Gasteiger partial charge in [-0.3, -0.25) is 4.79 Å². The van der Waals surface area contributed by atoms with Crippen LogP contribution in [0.3, 0.4) is 0 Å². The van der Waals surface area contributed by atoms with E-state index < -0.39 is 0 Å². The number of benzene rings is 1. The van der Waals surface area contributed by atoms with Crippen LogP contribution in [-0.2, 0) is 0 Å². The summed E-state index contributed by atoms with van der Waals surface area (Å²) in [5, 5.41) is 0. The Hall–Kier alpha value is -2.47. The van der Waals surface area contributed by atoms with Crippen molar-refractivity contribution in [1.29, 1.82) is 0 Å². The Labute approximate surface area is 131 Å². The molecular weight excluding hydrogens is 274 g/mol. The summed E-state index contributed by atoms with van der Waals surface area (Å²) in [4.78, 5) is 14.3. The third kappa shape index (κ3) is 4.26. The molecule has 0 bridgehead atoms. The Kier molecular flexibility index (Phi) is 5.85. The second-order valence-electron chi connectivity index (χ2n) is 5.18. The smallest absolute Gasteiger partial charge is 0.290 e. The quantitative estimate of drug-likeness (QED) is 0.784. The topological polar surface area (TPSA) is 33.5 Å². The molecule has 0 N–H and O–H groups in total.